The van der Waals surface area contributed by atoms with Crippen LogP contribution in [0.25, 0.3) is 0 Å². The lowest BCUT2D eigenvalue weighted by atomic mass is 10.9. The SMILES string of the molecule is CC[Si](C=C[Si](C)(C)C)(CC)O[Si](C)(C)OC. The fourth-order valence-electron chi connectivity index (χ4n) is 1.60. The van der Waals surface area contributed by atoms with Gasteiger partial charge in [0, 0.05) is 7.11 Å². The minimum atomic E-state index is -1.93. The molecular formula is C12H30O2Si3. The summed E-state index contributed by atoms with van der Waals surface area (Å²) in [6, 6.07) is 2.29. The number of hydrogen-bond donors (Lipinski definition) is 0. The zero-order valence-corrected chi connectivity index (χ0v) is 15.9. The Hall–Kier alpha value is 0.311. The smallest absolute Gasteiger partial charge is 0.321 e. The molecule has 0 unspecified atom stereocenters. The zero-order valence-electron chi connectivity index (χ0n) is 12.9. The zero-order chi connectivity index (χ0) is 13.7. The maximum atomic E-state index is 6.46. The molecule has 0 amide bonds. The molecule has 2 nitrogen and oxygen atoms in total. The van der Waals surface area contributed by atoms with Crippen LogP contribution >= 0.6 is 0 Å². The third-order valence-corrected chi connectivity index (χ3v) is 12.3. The molecule has 102 valence electrons. The molecule has 0 aromatic rings. The van der Waals surface area contributed by atoms with Gasteiger partial charge in [-0.25, -0.2) is 0 Å². The van der Waals surface area contributed by atoms with Gasteiger partial charge in [-0.3, -0.25) is 0 Å². The average Bonchev–Trinajstić information content (AvgIpc) is 2.23. The molecule has 0 fully saturated rings. The summed E-state index contributed by atoms with van der Waals surface area (Å²) in [6.07, 6.45) is 0. The fraction of sp³-hybridized carbons (Fsp3) is 0.833. The van der Waals surface area contributed by atoms with Crippen LogP contribution in [0.15, 0.2) is 11.4 Å². The van der Waals surface area contributed by atoms with E-state index in [4.69, 9.17) is 8.54 Å². The Kier molecular flexibility index (Phi) is 6.59. The summed E-state index contributed by atoms with van der Waals surface area (Å²) in [5, 5.41) is 0. The normalized spacial score (nSPS) is 14.6. The molecule has 0 rings (SSSR count). The Morgan fingerprint density at radius 1 is 0.882 bits per heavy atom. The predicted octanol–water partition coefficient (Wildman–Crippen LogP) is 4.31. The van der Waals surface area contributed by atoms with E-state index in [0.717, 1.165) is 12.1 Å². The van der Waals surface area contributed by atoms with Crippen LogP contribution < -0.4 is 0 Å². The Balaban J connectivity index is 4.98. The van der Waals surface area contributed by atoms with Gasteiger partial charge in [-0.2, -0.15) is 0 Å². The van der Waals surface area contributed by atoms with Crippen LogP contribution in [-0.2, 0) is 8.54 Å². The highest BCUT2D eigenvalue weighted by Crippen LogP contribution is 2.24. The first-order valence-corrected chi connectivity index (χ1v) is 15.3. The molecule has 0 bridgehead atoms. The predicted molar refractivity (Wildman–Crippen MR) is 84.8 cm³/mol. The van der Waals surface area contributed by atoms with Gasteiger partial charge in [-0.1, -0.05) is 39.2 Å². The molecule has 0 aromatic carbocycles. The van der Waals surface area contributed by atoms with Crippen LogP contribution in [0.3, 0.4) is 0 Å². The summed E-state index contributed by atoms with van der Waals surface area (Å²) < 4.78 is 12.0. The van der Waals surface area contributed by atoms with Crippen LogP contribution in [0.1, 0.15) is 13.8 Å². The molecule has 5 heteroatoms. The Bertz CT molecular complexity index is 253. The summed E-state index contributed by atoms with van der Waals surface area (Å²) in [5.41, 5.74) is 4.89. The molecule has 17 heavy (non-hydrogen) atoms. The van der Waals surface area contributed by atoms with E-state index in [9.17, 15) is 0 Å². The van der Waals surface area contributed by atoms with Gasteiger partial charge in [-0.15, -0.1) is 5.70 Å². The second-order valence-corrected chi connectivity index (χ2v) is 19.1. The molecule has 0 aliphatic carbocycles. The van der Waals surface area contributed by atoms with E-state index < -0.39 is 25.0 Å². The minimum Gasteiger partial charge on any atom is -0.432 e. The van der Waals surface area contributed by atoms with Gasteiger partial charge in [0.15, 0.2) is 0 Å². The van der Waals surface area contributed by atoms with E-state index in [1.807, 2.05) is 0 Å². The van der Waals surface area contributed by atoms with Crippen molar-refractivity contribution in [2.24, 2.45) is 0 Å². The molecule has 0 saturated carbocycles. The summed E-state index contributed by atoms with van der Waals surface area (Å²) >= 11 is 0. The molecule has 0 aliphatic rings. The topological polar surface area (TPSA) is 18.5 Å². The molecule has 0 aliphatic heterocycles. The number of rotatable bonds is 7. The van der Waals surface area contributed by atoms with Gasteiger partial charge in [0.25, 0.3) is 0 Å². The molecule has 0 N–H and O–H groups in total. The van der Waals surface area contributed by atoms with Gasteiger partial charge in [0.05, 0.1) is 8.07 Å². The summed E-state index contributed by atoms with van der Waals surface area (Å²) in [6.45, 7) is 15.9. The third kappa shape index (κ3) is 6.71. The van der Waals surface area contributed by atoms with Gasteiger partial charge in [0.2, 0.25) is 8.32 Å². The van der Waals surface area contributed by atoms with E-state index in [2.05, 4.69) is 58.0 Å². The maximum Gasteiger partial charge on any atom is 0.321 e. The molecule has 0 atom stereocenters. The monoisotopic (exact) mass is 290 g/mol. The first kappa shape index (κ1) is 17.3. The van der Waals surface area contributed by atoms with E-state index in [-0.39, 0.29) is 0 Å². The van der Waals surface area contributed by atoms with E-state index in [1.54, 1.807) is 7.11 Å². The van der Waals surface area contributed by atoms with E-state index >= 15 is 0 Å². The molecular weight excluding hydrogens is 260 g/mol. The van der Waals surface area contributed by atoms with Crippen molar-refractivity contribution in [3.8, 4) is 0 Å². The van der Waals surface area contributed by atoms with Gasteiger partial charge >= 0.3 is 8.56 Å². The van der Waals surface area contributed by atoms with Crippen molar-refractivity contribution in [2.75, 3.05) is 7.11 Å². The van der Waals surface area contributed by atoms with Crippen molar-refractivity contribution in [2.45, 2.75) is 58.7 Å². The quantitative estimate of drug-likeness (QED) is 0.651. The second-order valence-electron chi connectivity index (χ2n) is 6.18. The standard InChI is InChI=1S/C12H30O2Si3/c1-9-17(10-2,12-11-15(4,5)6)14-16(7,8)13-3/h11-12H,9-10H2,1-8H3. The summed E-state index contributed by atoms with van der Waals surface area (Å²) in [7, 11) is -3.00. The Morgan fingerprint density at radius 2 is 1.35 bits per heavy atom. The average molecular weight is 291 g/mol. The third-order valence-electron chi connectivity index (χ3n) is 3.02. The lowest BCUT2D eigenvalue weighted by Crippen LogP contribution is -2.48. The van der Waals surface area contributed by atoms with Crippen molar-refractivity contribution in [3.63, 3.8) is 0 Å². The summed E-state index contributed by atoms with van der Waals surface area (Å²) in [5.74, 6) is 0. The lowest BCUT2D eigenvalue weighted by Gasteiger charge is -2.34. The highest BCUT2D eigenvalue weighted by molar-refractivity contribution is 6.89. The van der Waals surface area contributed by atoms with Gasteiger partial charge in [0.1, 0.15) is 0 Å². The van der Waals surface area contributed by atoms with Crippen molar-refractivity contribution >= 4 is 25.0 Å². The van der Waals surface area contributed by atoms with Gasteiger partial charge in [-0.05, 0) is 25.2 Å². The van der Waals surface area contributed by atoms with Crippen molar-refractivity contribution in [3.05, 3.63) is 11.4 Å². The molecule has 0 saturated heterocycles. The van der Waals surface area contributed by atoms with Crippen molar-refractivity contribution in [1.82, 2.24) is 0 Å². The van der Waals surface area contributed by atoms with Crippen LogP contribution in [0.2, 0.25) is 44.8 Å². The van der Waals surface area contributed by atoms with Crippen LogP contribution in [0.4, 0.5) is 0 Å². The fourth-order valence-corrected chi connectivity index (χ4v) is 11.5. The van der Waals surface area contributed by atoms with Crippen molar-refractivity contribution in [1.29, 1.82) is 0 Å². The first-order chi connectivity index (χ1) is 7.60. The second kappa shape index (κ2) is 6.47. The van der Waals surface area contributed by atoms with Crippen LogP contribution in [0, 0.1) is 0 Å². The number of hydrogen-bond acceptors (Lipinski definition) is 2. The molecule has 0 spiro atoms. The summed E-state index contributed by atoms with van der Waals surface area (Å²) in [4.78, 5) is 0. The highest BCUT2D eigenvalue weighted by Gasteiger charge is 2.37. The maximum absolute atomic E-state index is 6.46. The molecule has 0 aromatic heterocycles. The Labute approximate surface area is 111 Å². The molecule has 0 heterocycles. The van der Waals surface area contributed by atoms with Crippen molar-refractivity contribution < 1.29 is 8.54 Å². The van der Waals surface area contributed by atoms with Gasteiger partial charge < -0.3 is 8.54 Å². The first-order valence-electron chi connectivity index (χ1n) is 6.55. The van der Waals surface area contributed by atoms with Crippen LogP contribution in [-0.4, -0.2) is 32.1 Å². The Morgan fingerprint density at radius 3 is 1.65 bits per heavy atom. The largest absolute Gasteiger partial charge is 0.432 e. The van der Waals surface area contributed by atoms with E-state index in [1.165, 1.54) is 0 Å². The molecule has 0 radical (unpaired) electrons. The van der Waals surface area contributed by atoms with E-state index in [0.29, 0.717) is 0 Å². The lowest BCUT2D eigenvalue weighted by molar-refractivity contribution is 0.310. The minimum absolute atomic E-state index is 1.14. The highest BCUT2D eigenvalue weighted by atomic mass is 28.4. The van der Waals surface area contributed by atoms with Crippen LogP contribution in [0.5, 0.6) is 0 Å².